The number of hydrogen-bond acceptors (Lipinski definition) is 3. The summed E-state index contributed by atoms with van der Waals surface area (Å²) in [6, 6.07) is 0.276. The van der Waals surface area contributed by atoms with Gasteiger partial charge in [0.25, 0.3) is 0 Å². The lowest BCUT2D eigenvalue weighted by Crippen LogP contribution is -2.46. The van der Waals surface area contributed by atoms with Gasteiger partial charge in [-0.15, -0.1) is 0 Å². The van der Waals surface area contributed by atoms with Crippen molar-refractivity contribution in [2.45, 2.75) is 58.1 Å². The monoisotopic (exact) mass is 254 g/mol. The van der Waals surface area contributed by atoms with Gasteiger partial charge in [-0.1, -0.05) is 0 Å². The number of ether oxygens (including phenoxy) is 1. The van der Waals surface area contributed by atoms with E-state index in [2.05, 4.69) is 10.2 Å². The summed E-state index contributed by atoms with van der Waals surface area (Å²) in [5.41, 5.74) is -0.411. The smallest absolute Gasteiger partial charge is 0.407 e. The Hall–Kier alpha value is -0.770. The predicted molar refractivity (Wildman–Crippen MR) is 71.6 cm³/mol. The van der Waals surface area contributed by atoms with Crippen molar-refractivity contribution in [3.63, 3.8) is 0 Å². The summed E-state index contributed by atoms with van der Waals surface area (Å²) < 4.78 is 5.34. The summed E-state index contributed by atoms with van der Waals surface area (Å²) in [5, 5.41) is 3.06. The molecule has 18 heavy (non-hydrogen) atoms. The van der Waals surface area contributed by atoms with E-state index < -0.39 is 5.60 Å². The zero-order valence-electron chi connectivity index (χ0n) is 11.9. The molecule has 1 atom stereocenters. The van der Waals surface area contributed by atoms with Crippen molar-refractivity contribution >= 4 is 6.09 Å². The first-order chi connectivity index (χ1) is 8.44. The summed E-state index contributed by atoms with van der Waals surface area (Å²) in [6.45, 7) is 9.06. The van der Waals surface area contributed by atoms with Crippen molar-refractivity contribution in [2.24, 2.45) is 5.92 Å². The van der Waals surface area contributed by atoms with Crippen LogP contribution in [0.5, 0.6) is 0 Å². The normalized spacial score (nSPS) is 22.8. The highest BCUT2D eigenvalue weighted by Gasteiger charge is 2.34. The quantitative estimate of drug-likeness (QED) is 0.837. The van der Waals surface area contributed by atoms with Gasteiger partial charge in [-0.25, -0.2) is 4.79 Å². The Labute approximate surface area is 110 Å². The Bertz CT molecular complexity index is 289. The number of nitrogens with one attached hydrogen (secondary N) is 1. The van der Waals surface area contributed by atoms with Gasteiger partial charge in [0, 0.05) is 12.6 Å². The molecule has 0 aromatic rings. The third-order valence-electron chi connectivity index (χ3n) is 3.55. The van der Waals surface area contributed by atoms with Crippen molar-refractivity contribution in [1.82, 2.24) is 10.2 Å². The van der Waals surface area contributed by atoms with Crippen LogP contribution in [-0.2, 0) is 4.74 Å². The Morgan fingerprint density at radius 3 is 2.44 bits per heavy atom. The first-order valence-corrected chi connectivity index (χ1v) is 7.16. The summed E-state index contributed by atoms with van der Waals surface area (Å²) in [4.78, 5) is 14.3. The van der Waals surface area contributed by atoms with Crippen LogP contribution in [0.4, 0.5) is 4.79 Å². The molecule has 1 saturated heterocycles. The van der Waals surface area contributed by atoms with Crippen molar-refractivity contribution in [2.75, 3.05) is 19.6 Å². The van der Waals surface area contributed by atoms with E-state index in [0.29, 0.717) is 5.92 Å². The van der Waals surface area contributed by atoms with Crippen molar-refractivity contribution in [3.05, 3.63) is 0 Å². The molecule has 4 nitrogen and oxygen atoms in total. The molecule has 0 aromatic carbocycles. The Morgan fingerprint density at radius 1 is 1.33 bits per heavy atom. The van der Waals surface area contributed by atoms with Crippen molar-refractivity contribution in [1.29, 1.82) is 0 Å². The maximum absolute atomic E-state index is 11.8. The fraction of sp³-hybridized carbons (Fsp3) is 0.929. The zero-order chi connectivity index (χ0) is 13.2. The lowest BCUT2D eigenvalue weighted by atomic mass is 10.1. The first kappa shape index (κ1) is 13.7. The summed E-state index contributed by atoms with van der Waals surface area (Å²) in [5.74, 6) is 0.665. The van der Waals surface area contributed by atoms with Crippen LogP contribution in [0.2, 0.25) is 0 Å². The Balaban J connectivity index is 1.80. The maximum Gasteiger partial charge on any atom is 0.407 e. The van der Waals surface area contributed by atoms with Crippen LogP contribution in [0, 0.1) is 5.92 Å². The predicted octanol–water partition coefficient (Wildman–Crippen LogP) is 2.39. The molecule has 0 radical (unpaired) electrons. The number of hydrogen-bond donors (Lipinski definition) is 1. The third-order valence-corrected chi connectivity index (χ3v) is 3.55. The number of likely N-dealkylation sites (tertiary alicyclic amines) is 1. The lowest BCUT2D eigenvalue weighted by Gasteiger charge is -2.26. The maximum atomic E-state index is 11.8. The molecular formula is C14H26N2O2. The number of alkyl carbamates (subject to hydrolysis) is 1. The summed E-state index contributed by atoms with van der Waals surface area (Å²) in [6.07, 6.45) is 4.81. The van der Waals surface area contributed by atoms with E-state index in [1.807, 2.05) is 20.8 Å². The molecule has 2 fully saturated rings. The highest BCUT2D eigenvalue weighted by Crippen LogP contribution is 2.33. The minimum Gasteiger partial charge on any atom is -0.444 e. The molecule has 0 unspecified atom stereocenters. The molecule has 4 heteroatoms. The van der Waals surface area contributed by atoms with Crippen LogP contribution in [0.3, 0.4) is 0 Å². The van der Waals surface area contributed by atoms with Crippen molar-refractivity contribution < 1.29 is 9.53 Å². The molecule has 1 heterocycles. The molecule has 0 aromatic heterocycles. The fourth-order valence-electron chi connectivity index (χ4n) is 2.51. The zero-order valence-corrected chi connectivity index (χ0v) is 11.9. The van der Waals surface area contributed by atoms with Crippen LogP contribution in [-0.4, -0.2) is 42.3 Å². The molecule has 1 amide bonds. The molecule has 104 valence electrons. The van der Waals surface area contributed by atoms with E-state index >= 15 is 0 Å². The van der Waals surface area contributed by atoms with Crippen LogP contribution in [0.25, 0.3) is 0 Å². The van der Waals surface area contributed by atoms with Gasteiger partial charge in [-0.3, -0.25) is 0 Å². The number of amides is 1. The number of rotatable bonds is 4. The van der Waals surface area contributed by atoms with Gasteiger partial charge in [-0.05, 0) is 65.5 Å². The average Bonchev–Trinajstić information content (AvgIpc) is 2.95. The minimum absolute atomic E-state index is 0.265. The number of carbonyl (C=O) groups is 1. The minimum atomic E-state index is -0.411. The van der Waals surface area contributed by atoms with Gasteiger partial charge >= 0.3 is 6.09 Å². The second-order valence-electron chi connectivity index (χ2n) is 6.60. The topological polar surface area (TPSA) is 41.6 Å². The van der Waals surface area contributed by atoms with E-state index in [0.717, 1.165) is 6.54 Å². The molecule has 1 N–H and O–H groups in total. The van der Waals surface area contributed by atoms with E-state index in [1.165, 1.54) is 38.8 Å². The molecule has 2 aliphatic rings. The van der Waals surface area contributed by atoms with Gasteiger partial charge in [-0.2, -0.15) is 0 Å². The Kier molecular flexibility index (Phi) is 4.15. The highest BCUT2D eigenvalue weighted by molar-refractivity contribution is 5.68. The van der Waals surface area contributed by atoms with Gasteiger partial charge in [0.1, 0.15) is 5.60 Å². The molecule has 0 bridgehead atoms. The molecule has 1 saturated carbocycles. The molecule has 0 spiro atoms. The van der Waals surface area contributed by atoms with Gasteiger partial charge in [0.15, 0.2) is 0 Å². The molecule has 1 aliphatic heterocycles. The SMILES string of the molecule is CC(C)(C)OC(=O)N[C@@H](CN1CCCC1)C1CC1. The molecular weight excluding hydrogens is 228 g/mol. The van der Waals surface area contributed by atoms with Crippen LogP contribution >= 0.6 is 0 Å². The third kappa shape index (κ3) is 4.48. The average molecular weight is 254 g/mol. The highest BCUT2D eigenvalue weighted by atomic mass is 16.6. The number of carbonyl (C=O) groups excluding carboxylic acids is 1. The second-order valence-corrected chi connectivity index (χ2v) is 6.60. The van der Waals surface area contributed by atoms with Crippen molar-refractivity contribution in [3.8, 4) is 0 Å². The van der Waals surface area contributed by atoms with E-state index in [9.17, 15) is 4.79 Å². The largest absolute Gasteiger partial charge is 0.444 e. The second kappa shape index (κ2) is 5.47. The van der Waals surface area contributed by atoms with Gasteiger partial charge in [0.05, 0.1) is 0 Å². The van der Waals surface area contributed by atoms with Crippen LogP contribution < -0.4 is 5.32 Å². The summed E-state index contributed by atoms with van der Waals surface area (Å²) >= 11 is 0. The first-order valence-electron chi connectivity index (χ1n) is 7.16. The van der Waals surface area contributed by atoms with Crippen LogP contribution in [0.15, 0.2) is 0 Å². The lowest BCUT2D eigenvalue weighted by molar-refractivity contribution is 0.0486. The molecule has 1 aliphatic carbocycles. The molecule has 2 rings (SSSR count). The summed E-state index contributed by atoms with van der Waals surface area (Å²) in [7, 11) is 0. The number of nitrogens with zero attached hydrogens (tertiary/aromatic N) is 1. The van der Waals surface area contributed by atoms with Gasteiger partial charge < -0.3 is 15.0 Å². The van der Waals surface area contributed by atoms with E-state index in [1.54, 1.807) is 0 Å². The standard InChI is InChI=1S/C14H26N2O2/c1-14(2,3)18-13(17)15-12(11-6-7-11)10-16-8-4-5-9-16/h11-12H,4-10H2,1-3H3,(H,15,17)/t12-/m0/s1. The van der Waals surface area contributed by atoms with E-state index in [-0.39, 0.29) is 12.1 Å². The fourth-order valence-corrected chi connectivity index (χ4v) is 2.51. The van der Waals surface area contributed by atoms with Gasteiger partial charge in [0.2, 0.25) is 0 Å². The van der Waals surface area contributed by atoms with Crippen LogP contribution in [0.1, 0.15) is 46.5 Å². The van der Waals surface area contributed by atoms with E-state index in [4.69, 9.17) is 4.74 Å². The Morgan fingerprint density at radius 2 is 1.94 bits per heavy atom.